The van der Waals surface area contributed by atoms with Crippen molar-refractivity contribution in [1.82, 2.24) is 15.0 Å². The molecule has 5 nitrogen and oxygen atoms in total. The SMILES string of the molecule is c1nc(N2CCOCC2)c2cc(C3CCCCC3)[nH]c2n1. The molecule has 0 atom stereocenters. The van der Waals surface area contributed by atoms with Gasteiger partial charge in [0.2, 0.25) is 0 Å². The Hall–Kier alpha value is -1.62. The van der Waals surface area contributed by atoms with Crippen LogP contribution in [0, 0.1) is 0 Å². The topological polar surface area (TPSA) is 54.0 Å². The van der Waals surface area contributed by atoms with E-state index in [2.05, 4.69) is 25.9 Å². The quantitative estimate of drug-likeness (QED) is 0.922. The molecule has 112 valence electrons. The van der Waals surface area contributed by atoms with Crippen LogP contribution in [0.15, 0.2) is 12.4 Å². The summed E-state index contributed by atoms with van der Waals surface area (Å²) in [6.07, 6.45) is 8.36. The summed E-state index contributed by atoms with van der Waals surface area (Å²) in [7, 11) is 0. The fourth-order valence-electron chi connectivity index (χ4n) is 3.61. The van der Waals surface area contributed by atoms with Crippen LogP contribution in [0.1, 0.15) is 43.7 Å². The molecule has 1 N–H and O–H groups in total. The van der Waals surface area contributed by atoms with E-state index < -0.39 is 0 Å². The van der Waals surface area contributed by atoms with Gasteiger partial charge in [-0.2, -0.15) is 0 Å². The van der Waals surface area contributed by atoms with E-state index in [9.17, 15) is 0 Å². The molecule has 0 amide bonds. The first-order chi connectivity index (χ1) is 10.4. The van der Waals surface area contributed by atoms with Crippen molar-refractivity contribution >= 4 is 16.9 Å². The lowest BCUT2D eigenvalue weighted by atomic mass is 9.87. The minimum Gasteiger partial charge on any atom is -0.378 e. The molecule has 0 bridgehead atoms. The molecular formula is C16H22N4O. The van der Waals surface area contributed by atoms with Crippen LogP contribution in [-0.2, 0) is 4.74 Å². The Morgan fingerprint density at radius 2 is 1.90 bits per heavy atom. The molecule has 2 aromatic heterocycles. The lowest BCUT2D eigenvalue weighted by Crippen LogP contribution is -2.36. The molecule has 2 aromatic rings. The molecule has 0 radical (unpaired) electrons. The van der Waals surface area contributed by atoms with Crippen molar-refractivity contribution in [2.45, 2.75) is 38.0 Å². The zero-order valence-electron chi connectivity index (χ0n) is 12.3. The van der Waals surface area contributed by atoms with E-state index in [1.807, 2.05) is 0 Å². The van der Waals surface area contributed by atoms with Gasteiger partial charge in [0, 0.05) is 18.8 Å². The summed E-state index contributed by atoms with van der Waals surface area (Å²) in [6.45, 7) is 3.39. The Morgan fingerprint density at radius 3 is 2.71 bits per heavy atom. The Morgan fingerprint density at radius 1 is 1.10 bits per heavy atom. The number of H-pyrrole nitrogens is 1. The summed E-state index contributed by atoms with van der Waals surface area (Å²) in [6, 6.07) is 2.29. The number of aromatic nitrogens is 3. The third-order valence-electron chi connectivity index (χ3n) is 4.78. The summed E-state index contributed by atoms with van der Waals surface area (Å²) < 4.78 is 5.44. The van der Waals surface area contributed by atoms with Gasteiger partial charge in [0.1, 0.15) is 17.8 Å². The van der Waals surface area contributed by atoms with Gasteiger partial charge in [-0.15, -0.1) is 0 Å². The molecule has 21 heavy (non-hydrogen) atoms. The van der Waals surface area contributed by atoms with Crippen LogP contribution in [0.4, 0.5) is 5.82 Å². The Labute approximate surface area is 124 Å². The minimum absolute atomic E-state index is 0.672. The highest BCUT2D eigenvalue weighted by Gasteiger charge is 2.21. The van der Waals surface area contributed by atoms with Gasteiger partial charge in [0.15, 0.2) is 0 Å². The number of anilines is 1. The molecule has 1 saturated carbocycles. The van der Waals surface area contributed by atoms with E-state index in [0.717, 1.165) is 37.8 Å². The Kier molecular flexibility index (Phi) is 3.51. The number of hydrogen-bond donors (Lipinski definition) is 1. The van der Waals surface area contributed by atoms with E-state index in [-0.39, 0.29) is 0 Å². The second-order valence-corrected chi connectivity index (χ2v) is 6.12. The number of ether oxygens (including phenoxy) is 1. The van der Waals surface area contributed by atoms with Crippen molar-refractivity contribution in [1.29, 1.82) is 0 Å². The first kappa shape index (κ1) is 13.1. The van der Waals surface area contributed by atoms with Crippen molar-refractivity contribution < 1.29 is 4.74 Å². The summed E-state index contributed by atoms with van der Waals surface area (Å²) in [4.78, 5) is 14.8. The van der Waals surface area contributed by atoms with Gasteiger partial charge in [0.25, 0.3) is 0 Å². The minimum atomic E-state index is 0.672. The standard InChI is InChI=1S/C16H22N4O/c1-2-4-12(5-3-1)14-10-13-15(19-14)17-11-18-16(13)20-6-8-21-9-7-20/h10-12H,1-9H2,(H,17,18,19). The molecule has 0 aromatic carbocycles. The van der Waals surface area contributed by atoms with Gasteiger partial charge < -0.3 is 14.6 Å². The van der Waals surface area contributed by atoms with Crippen molar-refractivity contribution in [3.05, 3.63) is 18.1 Å². The first-order valence-electron chi connectivity index (χ1n) is 8.08. The van der Waals surface area contributed by atoms with Gasteiger partial charge in [-0.25, -0.2) is 9.97 Å². The monoisotopic (exact) mass is 286 g/mol. The van der Waals surface area contributed by atoms with Gasteiger partial charge in [0.05, 0.1) is 18.6 Å². The van der Waals surface area contributed by atoms with Crippen molar-refractivity contribution in [2.75, 3.05) is 31.2 Å². The summed E-state index contributed by atoms with van der Waals surface area (Å²) in [5.74, 6) is 1.73. The second-order valence-electron chi connectivity index (χ2n) is 6.12. The fraction of sp³-hybridized carbons (Fsp3) is 0.625. The smallest absolute Gasteiger partial charge is 0.143 e. The maximum atomic E-state index is 5.44. The van der Waals surface area contributed by atoms with Gasteiger partial charge in [-0.1, -0.05) is 19.3 Å². The second kappa shape index (κ2) is 5.64. The van der Waals surface area contributed by atoms with Crippen molar-refractivity contribution in [3.63, 3.8) is 0 Å². The average molecular weight is 286 g/mol. The predicted octanol–water partition coefficient (Wildman–Crippen LogP) is 2.84. The largest absolute Gasteiger partial charge is 0.378 e. The molecule has 0 unspecified atom stereocenters. The number of morpholine rings is 1. The predicted molar refractivity (Wildman–Crippen MR) is 82.7 cm³/mol. The van der Waals surface area contributed by atoms with Crippen molar-refractivity contribution in [2.24, 2.45) is 0 Å². The number of fused-ring (bicyclic) bond motifs is 1. The molecular weight excluding hydrogens is 264 g/mol. The average Bonchev–Trinajstić information content (AvgIpc) is 3.00. The molecule has 2 aliphatic rings. The molecule has 1 aliphatic carbocycles. The lowest BCUT2D eigenvalue weighted by Gasteiger charge is -2.28. The van der Waals surface area contributed by atoms with Gasteiger partial charge >= 0.3 is 0 Å². The van der Waals surface area contributed by atoms with Crippen LogP contribution < -0.4 is 4.90 Å². The zero-order valence-corrected chi connectivity index (χ0v) is 12.3. The van der Waals surface area contributed by atoms with E-state index >= 15 is 0 Å². The normalized spacial score (nSPS) is 21.0. The van der Waals surface area contributed by atoms with E-state index in [4.69, 9.17) is 4.74 Å². The maximum Gasteiger partial charge on any atom is 0.143 e. The Balaban J connectivity index is 1.69. The third-order valence-corrected chi connectivity index (χ3v) is 4.78. The van der Waals surface area contributed by atoms with Gasteiger partial charge in [-0.3, -0.25) is 0 Å². The summed E-state index contributed by atoms with van der Waals surface area (Å²) >= 11 is 0. The first-order valence-corrected chi connectivity index (χ1v) is 8.08. The molecule has 5 heteroatoms. The number of hydrogen-bond acceptors (Lipinski definition) is 4. The molecule has 2 fully saturated rings. The van der Waals surface area contributed by atoms with E-state index in [0.29, 0.717) is 5.92 Å². The van der Waals surface area contributed by atoms with Crippen molar-refractivity contribution in [3.8, 4) is 0 Å². The Bertz CT molecular complexity index is 612. The van der Waals surface area contributed by atoms with Crippen LogP contribution in [0.25, 0.3) is 11.0 Å². The summed E-state index contributed by atoms with van der Waals surface area (Å²) in [5, 5.41) is 1.17. The molecule has 0 spiro atoms. The summed E-state index contributed by atoms with van der Waals surface area (Å²) in [5.41, 5.74) is 2.33. The number of rotatable bonds is 2. The van der Waals surface area contributed by atoms with Crippen LogP contribution in [-0.4, -0.2) is 41.3 Å². The third kappa shape index (κ3) is 2.50. The number of nitrogens with zero attached hydrogens (tertiary/aromatic N) is 3. The highest BCUT2D eigenvalue weighted by atomic mass is 16.5. The number of nitrogens with one attached hydrogen (secondary N) is 1. The van der Waals surface area contributed by atoms with Crippen LogP contribution in [0.3, 0.4) is 0 Å². The number of aromatic amines is 1. The highest BCUT2D eigenvalue weighted by Crippen LogP contribution is 2.35. The van der Waals surface area contributed by atoms with Gasteiger partial charge in [-0.05, 0) is 24.8 Å². The van der Waals surface area contributed by atoms with Crippen LogP contribution >= 0.6 is 0 Å². The molecule has 3 heterocycles. The van der Waals surface area contributed by atoms with E-state index in [1.54, 1.807) is 6.33 Å². The molecule has 4 rings (SSSR count). The lowest BCUT2D eigenvalue weighted by molar-refractivity contribution is 0.122. The molecule has 1 saturated heterocycles. The maximum absolute atomic E-state index is 5.44. The molecule has 1 aliphatic heterocycles. The highest BCUT2D eigenvalue weighted by molar-refractivity contribution is 5.88. The zero-order chi connectivity index (χ0) is 14.1. The van der Waals surface area contributed by atoms with Crippen LogP contribution in [0.2, 0.25) is 0 Å². The van der Waals surface area contributed by atoms with Crippen LogP contribution in [0.5, 0.6) is 0 Å². The fourth-order valence-corrected chi connectivity index (χ4v) is 3.61. The van der Waals surface area contributed by atoms with E-state index in [1.165, 1.54) is 43.2 Å².